The number of rotatable bonds is 9. The highest BCUT2D eigenvalue weighted by Crippen LogP contribution is 2.37. The second-order valence-corrected chi connectivity index (χ2v) is 10.0. The quantitative estimate of drug-likeness (QED) is 0.433. The van der Waals surface area contributed by atoms with Gasteiger partial charge in [-0.1, -0.05) is 49.8 Å². The Labute approximate surface area is 194 Å². The molecule has 0 aromatic carbocycles. The van der Waals surface area contributed by atoms with Crippen molar-refractivity contribution in [2.45, 2.75) is 89.3 Å². The van der Waals surface area contributed by atoms with Crippen LogP contribution in [-0.4, -0.2) is 37.0 Å². The predicted molar refractivity (Wildman–Crippen MR) is 122 cm³/mol. The van der Waals surface area contributed by atoms with Crippen LogP contribution >= 0.6 is 0 Å². The first-order valence-corrected chi connectivity index (χ1v) is 12.4. The molecule has 4 N–H and O–H groups in total. The maximum atomic E-state index is 13.1. The van der Waals surface area contributed by atoms with E-state index in [4.69, 9.17) is 5.73 Å². The van der Waals surface area contributed by atoms with Crippen LogP contribution in [0, 0.1) is 17.8 Å². The van der Waals surface area contributed by atoms with Gasteiger partial charge in [0.1, 0.15) is 0 Å². The molecular formula is C25H38F3N3O2. The van der Waals surface area contributed by atoms with Gasteiger partial charge in [-0.05, 0) is 50.9 Å². The summed E-state index contributed by atoms with van der Waals surface area (Å²) in [6, 6.07) is -0.566. The summed E-state index contributed by atoms with van der Waals surface area (Å²) < 4.78 is 39.1. The van der Waals surface area contributed by atoms with Crippen LogP contribution < -0.4 is 16.4 Å². The summed E-state index contributed by atoms with van der Waals surface area (Å²) in [4.78, 5) is 25.9. The zero-order valence-corrected chi connectivity index (χ0v) is 19.4. The van der Waals surface area contributed by atoms with Crippen molar-refractivity contribution < 1.29 is 22.8 Å². The molecule has 2 unspecified atom stereocenters. The maximum absolute atomic E-state index is 13.1. The SMILES string of the molecule is NC1=CCCC(C(=O)N[C@@H](CC2CCCCC2)C(=O)CNCC2=CCCC(C(F)(F)F)C2)C1. The van der Waals surface area contributed by atoms with Crippen molar-refractivity contribution in [1.29, 1.82) is 0 Å². The van der Waals surface area contributed by atoms with Crippen molar-refractivity contribution in [2.24, 2.45) is 23.5 Å². The number of hydrogen-bond acceptors (Lipinski definition) is 4. The summed E-state index contributed by atoms with van der Waals surface area (Å²) in [6.07, 6.45) is 8.43. The van der Waals surface area contributed by atoms with Gasteiger partial charge in [-0.25, -0.2) is 0 Å². The Balaban J connectivity index is 1.53. The van der Waals surface area contributed by atoms with Gasteiger partial charge < -0.3 is 16.4 Å². The van der Waals surface area contributed by atoms with Crippen LogP contribution in [0.1, 0.15) is 77.0 Å². The molecule has 3 aliphatic rings. The van der Waals surface area contributed by atoms with E-state index in [1.54, 1.807) is 0 Å². The molecule has 3 atom stereocenters. The Hall–Kier alpha value is -1.83. The number of ketones is 1. The molecule has 33 heavy (non-hydrogen) atoms. The van der Waals surface area contributed by atoms with Gasteiger partial charge in [0.25, 0.3) is 0 Å². The van der Waals surface area contributed by atoms with E-state index < -0.39 is 18.1 Å². The van der Waals surface area contributed by atoms with E-state index in [1.165, 1.54) is 6.42 Å². The molecule has 0 aliphatic heterocycles. The molecule has 186 valence electrons. The minimum atomic E-state index is -4.18. The molecule has 8 heteroatoms. The van der Waals surface area contributed by atoms with E-state index in [1.807, 2.05) is 12.2 Å². The zero-order chi connectivity index (χ0) is 23.8. The Morgan fingerprint density at radius 2 is 1.76 bits per heavy atom. The molecule has 3 rings (SSSR count). The monoisotopic (exact) mass is 469 g/mol. The van der Waals surface area contributed by atoms with Gasteiger partial charge in [0.05, 0.1) is 18.5 Å². The minimum Gasteiger partial charge on any atom is -0.402 e. The van der Waals surface area contributed by atoms with Crippen LogP contribution in [0.3, 0.4) is 0 Å². The molecule has 1 fully saturated rings. The van der Waals surface area contributed by atoms with Gasteiger partial charge in [0.15, 0.2) is 5.78 Å². The van der Waals surface area contributed by atoms with Gasteiger partial charge >= 0.3 is 6.18 Å². The summed E-state index contributed by atoms with van der Waals surface area (Å²) in [6.45, 7) is 0.310. The number of nitrogens with one attached hydrogen (secondary N) is 2. The van der Waals surface area contributed by atoms with E-state index in [0.717, 1.165) is 44.2 Å². The van der Waals surface area contributed by atoms with Crippen LogP contribution in [0.4, 0.5) is 13.2 Å². The number of nitrogens with two attached hydrogens (primary N) is 1. The third kappa shape index (κ3) is 8.16. The first-order valence-electron chi connectivity index (χ1n) is 12.4. The van der Waals surface area contributed by atoms with Crippen molar-refractivity contribution in [2.75, 3.05) is 13.1 Å². The van der Waals surface area contributed by atoms with Crippen molar-refractivity contribution >= 4 is 11.7 Å². The van der Waals surface area contributed by atoms with Crippen LogP contribution in [0.5, 0.6) is 0 Å². The molecule has 0 aromatic rings. The average molecular weight is 470 g/mol. The van der Waals surface area contributed by atoms with Crippen LogP contribution in [-0.2, 0) is 9.59 Å². The second-order valence-electron chi connectivity index (χ2n) is 10.0. The Bertz CT molecular complexity index is 742. The summed E-state index contributed by atoms with van der Waals surface area (Å²) in [5.74, 6) is -1.32. The first-order chi connectivity index (χ1) is 15.7. The summed E-state index contributed by atoms with van der Waals surface area (Å²) in [5.41, 5.74) is 7.33. The molecule has 0 aromatic heterocycles. The van der Waals surface area contributed by atoms with Crippen molar-refractivity contribution in [1.82, 2.24) is 10.6 Å². The van der Waals surface area contributed by atoms with Crippen molar-refractivity contribution in [3.05, 3.63) is 23.4 Å². The first kappa shape index (κ1) is 25.8. The molecular weight excluding hydrogens is 431 g/mol. The third-order valence-corrected chi connectivity index (χ3v) is 7.34. The van der Waals surface area contributed by atoms with Gasteiger partial charge in [-0.3, -0.25) is 9.59 Å². The van der Waals surface area contributed by atoms with Crippen LogP contribution in [0.2, 0.25) is 0 Å². The van der Waals surface area contributed by atoms with E-state index in [-0.39, 0.29) is 43.5 Å². The van der Waals surface area contributed by atoms with E-state index in [0.29, 0.717) is 30.8 Å². The lowest BCUT2D eigenvalue weighted by Crippen LogP contribution is -2.48. The fraction of sp³-hybridized carbons (Fsp3) is 0.760. The standard InChI is InChI=1S/C25H38F3N3O2/c26-25(27,28)20-10-4-8-18(12-20)15-30-16-23(32)22(13-17-6-2-1-3-7-17)31-24(33)19-9-5-11-21(29)14-19/h8,11,17,19-20,22,30H,1-7,9-10,12-16,29H2,(H,31,33)/t19?,20?,22-/m0/s1. The highest BCUT2D eigenvalue weighted by molar-refractivity contribution is 5.91. The number of carbonyl (C=O) groups is 2. The predicted octanol–water partition coefficient (Wildman–Crippen LogP) is 4.53. The zero-order valence-electron chi connectivity index (χ0n) is 19.4. The number of carbonyl (C=O) groups excluding carboxylic acids is 2. The molecule has 1 amide bonds. The van der Waals surface area contributed by atoms with Crippen molar-refractivity contribution in [3.63, 3.8) is 0 Å². The normalized spacial score (nSPS) is 25.7. The smallest absolute Gasteiger partial charge is 0.392 e. The largest absolute Gasteiger partial charge is 0.402 e. The van der Waals surface area contributed by atoms with Crippen molar-refractivity contribution in [3.8, 4) is 0 Å². The number of hydrogen-bond donors (Lipinski definition) is 3. The van der Waals surface area contributed by atoms with Gasteiger partial charge in [0, 0.05) is 18.2 Å². The van der Waals surface area contributed by atoms with Gasteiger partial charge in [-0.15, -0.1) is 0 Å². The lowest BCUT2D eigenvalue weighted by molar-refractivity contribution is -0.176. The average Bonchev–Trinajstić information content (AvgIpc) is 2.79. The fourth-order valence-electron chi connectivity index (χ4n) is 5.36. The van der Waals surface area contributed by atoms with E-state index >= 15 is 0 Å². The lowest BCUT2D eigenvalue weighted by Gasteiger charge is -2.29. The summed E-state index contributed by atoms with van der Waals surface area (Å²) in [7, 11) is 0. The Morgan fingerprint density at radius 3 is 2.45 bits per heavy atom. The Morgan fingerprint density at radius 1 is 1.03 bits per heavy atom. The fourth-order valence-corrected chi connectivity index (χ4v) is 5.36. The highest BCUT2D eigenvalue weighted by Gasteiger charge is 2.40. The molecule has 0 radical (unpaired) electrons. The molecule has 0 bridgehead atoms. The molecule has 0 saturated heterocycles. The summed E-state index contributed by atoms with van der Waals surface area (Å²) >= 11 is 0. The number of amides is 1. The number of alkyl halides is 3. The minimum absolute atomic E-state index is 0.0104. The summed E-state index contributed by atoms with van der Waals surface area (Å²) in [5, 5.41) is 6.03. The number of allylic oxidation sites excluding steroid dienone is 3. The molecule has 0 spiro atoms. The second kappa shape index (κ2) is 12.0. The molecule has 5 nitrogen and oxygen atoms in total. The highest BCUT2D eigenvalue weighted by atomic mass is 19.4. The van der Waals surface area contributed by atoms with Gasteiger partial charge in [0.2, 0.25) is 5.91 Å². The maximum Gasteiger partial charge on any atom is 0.392 e. The molecule has 1 saturated carbocycles. The number of Topliss-reactive ketones (excluding diaryl/α,β-unsaturated/α-hetero) is 1. The van der Waals surface area contributed by atoms with Crippen LogP contribution in [0.15, 0.2) is 23.4 Å². The molecule has 3 aliphatic carbocycles. The third-order valence-electron chi connectivity index (χ3n) is 7.34. The number of halogens is 3. The van der Waals surface area contributed by atoms with E-state index in [2.05, 4.69) is 10.6 Å². The molecule has 0 heterocycles. The van der Waals surface area contributed by atoms with Gasteiger partial charge in [-0.2, -0.15) is 13.2 Å². The van der Waals surface area contributed by atoms with E-state index in [9.17, 15) is 22.8 Å². The lowest BCUT2D eigenvalue weighted by atomic mass is 9.83. The Kier molecular flexibility index (Phi) is 9.41. The van der Waals surface area contributed by atoms with Crippen LogP contribution in [0.25, 0.3) is 0 Å². The topological polar surface area (TPSA) is 84.2 Å².